The summed E-state index contributed by atoms with van der Waals surface area (Å²) in [5.41, 5.74) is 0. The summed E-state index contributed by atoms with van der Waals surface area (Å²) in [7, 11) is 0. The predicted octanol–water partition coefficient (Wildman–Crippen LogP) is 2.74. The van der Waals surface area contributed by atoms with Gasteiger partial charge in [0.2, 0.25) is 0 Å². The minimum Gasteiger partial charge on any atom is -0.465 e. The Morgan fingerprint density at radius 2 is 2.14 bits per heavy atom. The quantitative estimate of drug-likeness (QED) is 0.642. The molecular weight excluding hydrogens is 180 g/mol. The van der Waals surface area contributed by atoms with Gasteiger partial charge in [-0.05, 0) is 25.0 Å². The van der Waals surface area contributed by atoms with Crippen LogP contribution >= 0.6 is 0 Å². The van der Waals surface area contributed by atoms with Gasteiger partial charge < -0.3 is 9.15 Å². The topological polar surface area (TPSA) is 39.4 Å². The number of carbonyl (C=O) groups excluding carboxylic acids is 1. The first-order chi connectivity index (χ1) is 6.84. The zero-order chi connectivity index (χ0) is 9.80. The van der Waals surface area contributed by atoms with Crippen LogP contribution < -0.4 is 0 Å². The fourth-order valence-corrected chi connectivity index (χ4v) is 1.45. The fraction of sp³-hybridized carbons (Fsp3) is 0.364. The highest BCUT2D eigenvalue weighted by Crippen LogP contribution is 2.19. The maximum atomic E-state index is 11.1. The van der Waals surface area contributed by atoms with Crippen LogP contribution in [0.3, 0.4) is 0 Å². The molecule has 14 heavy (non-hydrogen) atoms. The van der Waals surface area contributed by atoms with Crippen LogP contribution in [-0.2, 0) is 9.53 Å². The van der Waals surface area contributed by atoms with E-state index in [1.165, 1.54) is 0 Å². The van der Waals surface area contributed by atoms with Crippen molar-refractivity contribution in [3.63, 3.8) is 0 Å². The monoisotopic (exact) mass is 192 g/mol. The lowest BCUT2D eigenvalue weighted by molar-refractivity contribution is -0.138. The van der Waals surface area contributed by atoms with Crippen LogP contribution in [0.4, 0.5) is 0 Å². The van der Waals surface area contributed by atoms with Gasteiger partial charge in [0, 0.05) is 18.9 Å². The molecule has 1 aliphatic heterocycles. The van der Waals surface area contributed by atoms with Crippen molar-refractivity contribution in [3.8, 4) is 0 Å². The third-order valence-electron chi connectivity index (χ3n) is 2.15. The van der Waals surface area contributed by atoms with E-state index in [2.05, 4.69) is 0 Å². The highest BCUT2D eigenvalue weighted by Gasteiger charge is 2.12. The number of rotatable bonds is 1. The van der Waals surface area contributed by atoms with Gasteiger partial charge in [0.1, 0.15) is 11.5 Å². The SMILES string of the molecule is O=C1CCCC/C(=C\c2ccco2)O1. The standard InChI is InChI=1S/C11H12O3/c12-11-6-2-1-4-10(14-11)8-9-5-3-7-13-9/h3,5,7-8H,1-2,4,6H2/b10-8+. The second-order valence-electron chi connectivity index (χ2n) is 3.31. The minimum atomic E-state index is -0.139. The van der Waals surface area contributed by atoms with Crippen LogP contribution in [0.1, 0.15) is 31.4 Å². The highest BCUT2D eigenvalue weighted by atomic mass is 16.5. The van der Waals surface area contributed by atoms with Gasteiger partial charge in [-0.25, -0.2) is 0 Å². The summed E-state index contributed by atoms with van der Waals surface area (Å²) in [6.45, 7) is 0. The molecule has 1 aromatic rings. The second kappa shape index (κ2) is 4.13. The van der Waals surface area contributed by atoms with Crippen LogP contribution in [0.15, 0.2) is 28.6 Å². The molecule has 0 amide bonds. The molecule has 3 heteroatoms. The van der Waals surface area contributed by atoms with E-state index in [0.717, 1.165) is 25.0 Å². The van der Waals surface area contributed by atoms with Gasteiger partial charge in [-0.15, -0.1) is 0 Å². The first kappa shape index (κ1) is 9.06. The van der Waals surface area contributed by atoms with E-state index in [1.54, 1.807) is 12.3 Å². The van der Waals surface area contributed by atoms with Crippen molar-refractivity contribution in [2.75, 3.05) is 0 Å². The molecule has 0 atom stereocenters. The average molecular weight is 192 g/mol. The lowest BCUT2D eigenvalue weighted by atomic mass is 10.2. The maximum Gasteiger partial charge on any atom is 0.310 e. The van der Waals surface area contributed by atoms with E-state index in [-0.39, 0.29) is 5.97 Å². The van der Waals surface area contributed by atoms with Crippen LogP contribution in [0, 0.1) is 0 Å². The molecular formula is C11H12O3. The number of esters is 1. The van der Waals surface area contributed by atoms with Crippen molar-refractivity contribution < 1.29 is 13.9 Å². The van der Waals surface area contributed by atoms with E-state index in [0.29, 0.717) is 12.2 Å². The Hall–Kier alpha value is -1.51. The average Bonchev–Trinajstić information content (AvgIpc) is 2.56. The Morgan fingerprint density at radius 1 is 1.29 bits per heavy atom. The molecule has 0 bridgehead atoms. The number of hydrogen-bond donors (Lipinski definition) is 0. The third-order valence-corrected chi connectivity index (χ3v) is 2.15. The van der Waals surface area contributed by atoms with E-state index in [1.807, 2.05) is 12.1 Å². The molecule has 2 heterocycles. The van der Waals surface area contributed by atoms with Crippen LogP contribution in [0.2, 0.25) is 0 Å². The Morgan fingerprint density at radius 3 is 2.93 bits per heavy atom. The molecule has 0 N–H and O–H groups in total. The zero-order valence-corrected chi connectivity index (χ0v) is 7.86. The van der Waals surface area contributed by atoms with Crippen molar-refractivity contribution in [2.24, 2.45) is 0 Å². The van der Waals surface area contributed by atoms with Crippen LogP contribution in [-0.4, -0.2) is 5.97 Å². The Balaban J connectivity index is 2.12. The predicted molar refractivity (Wildman–Crippen MR) is 51.2 cm³/mol. The third kappa shape index (κ3) is 2.25. The largest absolute Gasteiger partial charge is 0.465 e. The fourth-order valence-electron chi connectivity index (χ4n) is 1.45. The molecule has 0 saturated carbocycles. The second-order valence-corrected chi connectivity index (χ2v) is 3.31. The van der Waals surface area contributed by atoms with Crippen molar-refractivity contribution >= 4 is 12.0 Å². The Labute approximate surface area is 82.4 Å². The van der Waals surface area contributed by atoms with Gasteiger partial charge in [0.25, 0.3) is 0 Å². The molecule has 1 aliphatic rings. The lowest BCUT2D eigenvalue weighted by Gasteiger charge is -2.01. The molecule has 3 nitrogen and oxygen atoms in total. The molecule has 74 valence electrons. The summed E-state index contributed by atoms with van der Waals surface area (Å²) in [5, 5.41) is 0. The van der Waals surface area contributed by atoms with Gasteiger partial charge in [0.05, 0.1) is 6.26 Å². The number of cyclic esters (lactones) is 1. The molecule has 0 spiro atoms. The molecule has 0 aliphatic carbocycles. The summed E-state index contributed by atoms with van der Waals surface area (Å²) in [4.78, 5) is 11.1. The number of ether oxygens (including phenoxy) is 1. The highest BCUT2D eigenvalue weighted by molar-refractivity contribution is 5.71. The van der Waals surface area contributed by atoms with E-state index in [9.17, 15) is 4.79 Å². The number of carbonyl (C=O) groups is 1. The lowest BCUT2D eigenvalue weighted by Crippen LogP contribution is -1.99. The van der Waals surface area contributed by atoms with Crippen molar-refractivity contribution in [1.29, 1.82) is 0 Å². The smallest absolute Gasteiger partial charge is 0.310 e. The first-order valence-corrected chi connectivity index (χ1v) is 4.79. The minimum absolute atomic E-state index is 0.139. The summed E-state index contributed by atoms with van der Waals surface area (Å²) < 4.78 is 10.3. The summed E-state index contributed by atoms with van der Waals surface area (Å²) in [6.07, 6.45) is 6.63. The van der Waals surface area contributed by atoms with Crippen LogP contribution in [0.5, 0.6) is 0 Å². The molecule has 0 radical (unpaired) electrons. The van der Waals surface area contributed by atoms with E-state index in [4.69, 9.17) is 9.15 Å². The molecule has 1 fully saturated rings. The van der Waals surface area contributed by atoms with Gasteiger partial charge >= 0.3 is 5.97 Å². The van der Waals surface area contributed by atoms with E-state index < -0.39 is 0 Å². The molecule has 0 unspecified atom stereocenters. The van der Waals surface area contributed by atoms with Gasteiger partial charge in [-0.3, -0.25) is 4.79 Å². The number of allylic oxidation sites excluding steroid dienone is 1. The maximum absolute atomic E-state index is 11.1. The van der Waals surface area contributed by atoms with E-state index >= 15 is 0 Å². The van der Waals surface area contributed by atoms with Crippen molar-refractivity contribution in [1.82, 2.24) is 0 Å². The summed E-state index contributed by atoms with van der Waals surface area (Å²) in [6, 6.07) is 3.65. The first-order valence-electron chi connectivity index (χ1n) is 4.79. The van der Waals surface area contributed by atoms with Crippen molar-refractivity contribution in [3.05, 3.63) is 29.9 Å². The molecule has 1 saturated heterocycles. The summed E-state index contributed by atoms with van der Waals surface area (Å²) in [5.74, 6) is 1.30. The Bertz CT molecular complexity index is 335. The normalized spacial score (nSPS) is 20.6. The van der Waals surface area contributed by atoms with Crippen molar-refractivity contribution in [2.45, 2.75) is 25.7 Å². The zero-order valence-electron chi connectivity index (χ0n) is 7.86. The molecule has 1 aromatic heterocycles. The molecule has 2 rings (SSSR count). The number of hydrogen-bond acceptors (Lipinski definition) is 3. The summed E-state index contributed by atoms with van der Waals surface area (Å²) >= 11 is 0. The van der Waals surface area contributed by atoms with Gasteiger partial charge in [-0.1, -0.05) is 0 Å². The molecule has 0 aromatic carbocycles. The van der Waals surface area contributed by atoms with Crippen LogP contribution in [0.25, 0.3) is 6.08 Å². The Kier molecular flexibility index (Phi) is 2.68. The van der Waals surface area contributed by atoms with Gasteiger partial charge in [-0.2, -0.15) is 0 Å². The van der Waals surface area contributed by atoms with Gasteiger partial charge in [0.15, 0.2) is 0 Å². The number of furan rings is 1.